The third-order valence-electron chi connectivity index (χ3n) is 2.32. The molecule has 1 unspecified atom stereocenters. The van der Waals surface area contributed by atoms with E-state index in [1.165, 1.54) is 0 Å². The summed E-state index contributed by atoms with van der Waals surface area (Å²) in [4.78, 5) is 4.10. The highest BCUT2D eigenvalue weighted by atomic mass is 16.6. The Kier molecular flexibility index (Phi) is 2.29. The van der Waals surface area contributed by atoms with Crippen molar-refractivity contribution >= 4 is 0 Å². The van der Waals surface area contributed by atoms with Gasteiger partial charge < -0.3 is 9.84 Å². The van der Waals surface area contributed by atoms with E-state index in [0.29, 0.717) is 18.7 Å². The molecular weight excluding hydrogens is 166 g/mol. The lowest BCUT2D eigenvalue weighted by molar-refractivity contribution is -0.236. The average Bonchev–Trinajstić information content (AvgIpc) is 2.20. The van der Waals surface area contributed by atoms with Crippen LogP contribution >= 0.6 is 0 Å². The first-order valence-corrected chi connectivity index (χ1v) is 4.59. The Bertz CT molecular complexity index is 268. The lowest BCUT2D eigenvalue weighted by atomic mass is 10.0. The van der Waals surface area contributed by atoms with Crippen molar-refractivity contribution in [3.8, 4) is 0 Å². The molecular formula is C10H13NO2. The molecule has 1 atom stereocenters. The van der Waals surface area contributed by atoms with Gasteiger partial charge in [-0.15, -0.1) is 0 Å². The molecule has 1 N–H and O–H groups in total. The van der Waals surface area contributed by atoms with Gasteiger partial charge in [0.15, 0.2) is 0 Å². The molecule has 0 bridgehead atoms. The Morgan fingerprint density at radius 2 is 2.31 bits per heavy atom. The largest absolute Gasteiger partial charge is 0.361 e. The van der Waals surface area contributed by atoms with Crippen molar-refractivity contribution < 1.29 is 9.84 Å². The van der Waals surface area contributed by atoms with E-state index < -0.39 is 5.79 Å². The number of aromatic nitrogens is 1. The van der Waals surface area contributed by atoms with Crippen LogP contribution in [-0.2, 0) is 10.5 Å². The van der Waals surface area contributed by atoms with Gasteiger partial charge in [-0.3, -0.25) is 4.98 Å². The Hall–Kier alpha value is -0.930. The lowest BCUT2D eigenvalue weighted by Crippen LogP contribution is -2.33. The van der Waals surface area contributed by atoms with E-state index in [2.05, 4.69) is 4.98 Å². The van der Waals surface area contributed by atoms with Crippen LogP contribution in [0.5, 0.6) is 0 Å². The molecule has 13 heavy (non-hydrogen) atoms. The summed E-state index contributed by atoms with van der Waals surface area (Å²) in [5.41, 5.74) is 0.620. The number of hydrogen-bond acceptors (Lipinski definition) is 3. The molecule has 0 saturated carbocycles. The van der Waals surface area contributed by atoms with Crippen LogP contribution in [0.15, 0.2) is 24.4 Å². The predicted octanol–water partition coefficient (Wildman–Crippen LogP) is 1.43. The SMILES string of the molecule is OC1(c2ccccn2)CCCCO1. The monoisotopic (exact) mass is 179 g/mol. The zero-order valence-corrected chi connectivity index (χ0v) is 7.44. The van der Waals surface area contributed by atoms with Gasteiger partial charge in [0.25, 0.3) is 0 Å². The maximum atomic E-state index is 10.1. The van der Waals surface area contributed by atoms with Crippen LogP contribution in [0.4, 0.5) is 0 Å². The zero-order valence-electron chi connectivity index (χ0n) is 7.44. The maximum Gasteiger partial charge on any atom is 0.209 e. The molecule has 1 aromatic heterocycles. The molecule has 1 aliphatic rings. The number of rotatable bonds is 1. The minimum absolute atomic E-state index is 0.618. The highest BCUT2D eigenvalue weighted by Crippen LogP contribution is 2.30. The highest BCUT2D eigenvalue weighted by molar-refractivity contribution is 5.10. The van der Waals surface area contributed by atoms with Gasteiger partial charge in [0.1, 0.15) is 0 Å². The number of aliphatic hydroxyl groups is 1. The molecule has 1 aromatic rings. The maximum absolute atomic E-state index is 10.1. The van der Waals surface area contributed by atoms with Crippen molar-refractivity contribution in [3.63, 3.8) is 0 Å². The fourth-order valence-electron chi connectivity index (χ4n) is 1.58. The highest BCUT2D eigenvalue weighted by Gasteiger charge is 2.33. The summed E-state index contributed by atoms with van der Waals surface area (Å²) >= 11 is 0. The van der Waals surface area contributed by atoms with Crippen LogP contribution in [-0.4, -0.2) is 16.7 Å². The van der Waals surface area contributed by atoms with Crippen LogP contribution in [0.25, 0.3) is 0 Å². The van der Waals surface area contributed by atoms with Gasteiger partial charge in [0.2, 0.25) is 5.79 Å². The summed E-state index contributed by atoms with van der Waals surface area (Å²) in [7, 11) is 0. The number of nitrogens with zero attached hydrogens (tertiary/aromatic N) is 1. The van der Waals surface area contributed by atoms with Crippen LogP contribution in [0.3, 0.4) is 0 Å². The Balaban J connectivity index is 2.23. The zero-order chi connectivity index (χ0) is 9.15. The van der Waals surface area contributed by atoms with Crippen molar-refractivity contribution in [2.24, 2.45) is 0 Å². The van der Waals surface area contributed by atoms with Crippen LogP contribution in [0.1, 0.15) is 25.0 Å². The van der Waals surface area contributed by atoms with Crippen molar-refractivity contribution in [3.05, 3.63) is 30.1 Å². The summed E-state index contributed by atoms with van der Waals surface area (Å²) < 4.78 is 5.34. The van der Waals surface area contributed by atoms with Crippen LogP contribution in [0.2, 0.25) is 0 Å². The van der Waals surface area contributed by atoms with Crippen LogP contribution in [0, 0.1) is 0 Å². The second-order valence-electron chi connectivity index (χ2n) is 3.30. The third kappa shape index (κ3) is 1.71. The van der Waals surface area contributed by atoms with Gasteiger partial charge in [-0.25, -0.2) is 0 Å². The normalized spacial score (nSPS) is 28.7. The number of ether oxygens (including phenoxy) is 1. The van der Waals surface area contributed by atoms with Gasteiger partial charge in [0, 0.05) is 12.6 Å². The smallest absolute Gasteiger partial charge is 0.209 e. The van der Waals surface area contributed by atoms with E-state index in [9.17, 15) is 5.11 Å². The summed E-state index contributed by atoms with van der Waals surface area (Å²) in [5.74, 6) is -1.14. The van der Waals surface area contributed by atoms with E-state index in [4.69, 9.17) is 4.74 Å². The molecule has 2 heterocycles. The third-order valence-corrected chi connectivity index (χ3v) is 2.32. The Morgan fingerprint density at radius 3 is 2.92 bits per heavy atom. The van der Waals surface area contributed by atoms with E-state index in [1.54, 1.807) is 12.3 Å². The van der Waals surface area contributed by atoms with E-state index in [-0.39, 0.29) is 0 Å². The minimum atomic E-state index is -1.14. The first kappa shape index (κ1) is 8.66. The summed E-state index contributed by atoms with van der Waals surface area (Å²) in [6.07, 6.45) is 4.33. The lowest BCUT2D eigenvalue weighted by Gasteiger charge is -2.31. The molecule has 0 amide bonds. The van der Waals surface area contributed by atoms with E-state index in [0.717, 1.165) is 12.8 Å². The molecule has 0 spiro atoms. The first-order chi connectivity index (χ1) is 6.31. The van der Waals surface area contributed by atoms with Gasteiger partial charge in [0.05, 0.1) is 12.3 Å². The fraction of sp³-hybridized carbons (Fsp3) is 0.500. The molecule has 70 valence electrons. The topological polar surface area (TPSA) is 42.4 Å². The van der Waals surface area contributed by atoms with Crippen LogP contribution < -0.4 is 0 Å². The first-order valence-electron chi connectivity index (χ1n) is 4.59. The van der Waals surface area contributed by atoms with Gasteiger partial charge >= 0.3 is 0 Å². The van der Waals surface area contributed by atoms with Crippen molar-refractivity contribution in [2.45, 2.75) is 25.0 Å². The fourth-order valence-corrected chi connectivity index (χ4v) is 1.58. The molecule has 1 aliphatic heterocycles. The molecule has 3 heteroatoms. The summed E-state index contributed by atoms with van der Waals surface area (Å²) in [6, 6.07) is 5.49. The summed E-state index contributed by atoms with van der Waals surface area (Å²) in [6.45, 7) is 0.618. The minimum Gasteiger partial charge on any atom is -0.361 e. The molecule has 0 aromatic carbocycles. The summed E-state index contributed by atoms with van der Waals surface area (Å²) in [5, 5.41) is 10.1. The number of pyridine rings is 1. The average molecular weight is 179 g/mol. The van der Waals surface area contributed by atoms with Gasteiger partial charge in [-0.05, 0) is 25.0 Å². The molecule has 0 radical (unpaired) electrons. The van der Waals surface area contributed by atoms with Gasteiger partial charge in [-0.2, -0.15) is 0 Å². The second-order valence-corrected chi connectivity index (χ2v) is 3.30. The van der Waals surface area contributed by atoms with E-state index in [1.807, 2.05) is 12.1 Å². The Morgan fingerprint density at radius 1 is 1.38 bits per heavy atom. The number of hydrogen-bond donors (Lipinski definition) is 1. The molecule has 1 fully saturated rings. The molecule has 1 saturated heterocycles. The van der Waals surface area contributed by atoms with E-state index >= 15 is 0 Å². The predicted molar refractivity (Wildman–Crippen MR) is 47.9 cm³/mol. The molecule has 0 aliphatic carbocycles. The quantitative estimate of drug-likeness (QED) is 0.709. The Labute approximate surface area is 77.4 Å². The van der Waals surface area contributed by atoms with Gasteiger partial charge in [-0.1, -0.05) is 6.07 Å². The van der Waals surface area contributed by atoms with Crippen molar-refractivity contribution in [1.82, 2.24) is 4.98 Å². The van der Waals surface area contributed by atoms with Crippen molar-refractivity contribution in [2.75, 3.05) is 6.61 Å². The molecule has 3 nitrogen and oxygen atoms in total. The standard InChI is InChI=1S/C10H13NO2/c12-10(6-2-4-8-13-10)9-5-1-3-7-11-9/h1,3,5,7,12H,2,4,6,8H2. The van der Waals surface area contributed by atoms with Crippen molar-refractivity contribution in [1.29, 1.82) is 0 Å². The second kappa shape index (κ2) is 3.44. The molecule has 2 rings (SSSR count).